The fraction of sp³-hybridized carbons (Fsp3) is 0.250. The van der Waals surface area contributed by atoms with Gasteiger partial charge in [0, 0.05) is 18.5 Å². The molecule has 0 amide bonds. The molecule has 0 aliphatic rings. The molecule has 274 valence electrons. The molecule has 2 heterocycles. The van der Waals surface area contributed by atoms with Crippen LogP contribution in [0.1, 0.15) is 46.5 Å². The highest BCUT2D eigenvalue weighted by Gasteiger charge is 2.62. The molecule has 52 heavy (non-hydrogen) atoms. The maximum atomic E-state index is 14.4. The van der Waals surface area contributed by atoms with Gasteiger partial charge in [0.05, 0.1) is 12.0 Å². The number of carbonyl (C=O) groups is 2. The second-order valence-corrected chi connectivity index (χ2v) is 11.0. The molecule has 0 unspecified atom stereocenters. The van der Waals surface area contributed by atoms with Gasteiger partial charge < -0.3 is 19.1 Å². The summed E-state index contributed by atoms with van der Waals surface area (Å²) in [4.78, 5) is 33.1. The topological polar surface area (TPSA) is 187 Å². The number of nitrogens with zero attached hydrogens (tertiary/aromatic N) is 7. The Bertz CT molecular complexity index is 2020. The van der Waals surface area contributed by atoms with Crippen LogP contribution in [0.5, 0.6) is 5.75 Å². The van der Waals surface area contributed by atoms with Crippen LogP contribution < -0.4 is 4.74 Å². The van der Waals surface area contributed by atoms with Crippen molar-refractivity contribution in [2.75, 3.05) is 0 Å². The molecule has 0 atom stereocenters. The monoisotopic (exact) mass is 733 g/mol. The van der Waals surface area contributed by atoms with Gasteiger partial charge in [-0.3, -0.25) is 10.4 Å². The van der Waals surface area contributed by atoms with E-state index in [1.165, 1.54) is 24.3 Å². The van der Waals surface area contributed by atoms with Gasteiger partial charge in [-0.15, -0.1) is 15.0 Å². The highest BCUT2D eigenvalue weighted by Crippen LogP contribution is 2.45. The Hall–Kier alpha value is -5.83. The molecular formula is C32H28F5N7O8. The lowest BCUT2D eigenvalue weighted by Gasteiger charge is -2.18. The van der Waals surface area contributed by atoms with E-state index in [1.807, 2.05) is 0 Å². The van der Waals surface area contributed by atoms with Crippen molar-refractivity contribution in [1.82, 2.24) is 35.1 Å². The summed E-state index contributed by atoms with van der Waals surface area (Å²) in [5.41, 5.74) is -0.384. The summed E-state index contributed by atoms with van der Waals surface area (Å²) in [5.74, 6) is -7.39. The average molecular weight is 734 g/mol. The first-order valence-electron chi connectivity index (χ1n) is 15.2. The van der Waals surface area contributed by atoms with E-state index < -0.39 is 47.7 Å². The predicted octanol–water partition coefficient (Wildman–Crippen LogP) is 6.24. The van der Waals surface area contributed by atoms with Crippen LogP contribution in [0.2, 0.25) is 0 Å². The van der Waals surface area contributed by atoms with Gasteiger partial charge in [-0.2, -0.15) is 22.0 Å². The molecule has 0 fully saturated rings. The number of rotatable bonds is 14. The van der Waals surface area contributed by atoms with Crippen molar-refractivity contribution in [3.8, 4) is 28.3 Å². The molecule has 2 aromatic heterocycles. The van der Waals surface area contributed by atoms with Gasteiger partial charge in [0.25, 0.3) is 0 Å². The van der Waals surface area contributed by atoms with Gasteiger partial charge in [-0.05, 0) is 46.0 Å². The van der Waals surface area contributed by atoms with Crippen LogP contribution >= 0.6 is 0 Å². The lowest BCUT2D eigenvalue weighted by molar-refractivity contribution is -0.497. The Labute approximate surface area is 289 Å². The fourth-order valence-electron chi connectivity index (χ4n) is 4.98. The van der Waals surface area contributed by atoms with Crippen molar-refractivity contribution in [2.45, 2.75) is 51.7 Å². The number of aromatic nitrogens is 6. The van der Waals surface area contributed by atoms with E-state index in [9.17, 15) is 36.6 Å². The van der Waals surface area contributed by atoms with E-state index in [0.717, 1.165) is 9.36 Å². The van der Waals surface area contributed by atoms with Crippen LogP contribution in [-0.2, 0) is 41.8 Å². The largest absolute Gasteiger partial charge is 0.515 e. The summed E-state index contributed by atoms with van der Waals surface area (Å²) < 4.78 is 79.4. The van der Waals surface area contributed by atoms with Crippen LogP contribution in [0.15, 0.2) is 72.8 Å². The molecule has 3 N–H and O–H groups in total. The van der Waals surface area contributed by atoms with Crippen LogP contribution in [0.3, 0.4) is 0 Å². The quantitative estimate of drug-likeness (QED) is 0.0504. The number of hydrogen-bond donors (Lipinski definition) is 3. The average Bonchev–Trinajstić information content (AvgIpc) is 3.72. The van der Waals surface area contributed by atoms with Crippen LogP contribution in [0.4, 0.5) is 26.7 Å². The Morgan fingerprint density at radius 3 is 2.17 bits per heavy atom. The zero-order valence-corrected chi connectivity index (χ0v) is 26.9. The van der Waals surface area contributed by atoms with E-state index in [2.05, 4.69) is 25.2 Å². The lowest BCUT2D eigenvalue weighted by atomic mass is 9.98. The maximum Gasteiger partial charge on any atom is 0.515 e. The first-order valence-corrected chi connectivity index (χ1v) is 15.2. The summed E-state index contributed by atoms with van der Waals surface area (Å²) in [6.45, 7) is 0.695. The van der Waals surface area contributed by atoms with Gasteiger partial charge in [0.15, 0.2) is 11.4 Å². The number of tetrazole rings is 1. The Morgan fingerprint density at radius 1 is 0.904 bits per heavy atom. The fourth-order valence-corrected chi connectivity index (χ4v) is 4.98. The van der Waals surface area contributed by atoms with Crippen LogP contribution in [0.25, 0.3) is 22.5 Å². The van der Waals surface area contributed by atoms with E-state index in [4.69, 9.17) is 19.9 Å². The van der Waals surface area contributed by atoms with Crippen molar-refractivity contribution in [2.24, 2.45) is 0 Å². The minimum absolute atomic E-state index is 0.0395. The van der Waals surface area contributed by atoms with Crippen molar-refractivity contribution >= 4 is 12.1 Å². The summed E-state index contributed by atoms with van der Waals surface area (Å²) in [5, 5.41) is 38.7. The molecule has 0 aliphatic heterocycles. The number of carboxylic acid groups (broad SMARTS) is 1. The Morgan fingerprint density at radius 2 is 1.56 bits per heavy atom. The standard InChI is InChI=1S/C32H28F5N7O8/c1-2-5-25-38-27(31(33,34)32(35,36)37)26(29(45)46)42(25)16-19-8-12-21(13-9-19)23-6-3-4-7-24(23)28-39-41-43(40-28)18-50-30(47)52-22-14-10-20(11-15-22)17-51-44(48)49/h3-4,6-15,48-49H,2,5,16-18H2,1H3,(H,45,46). The van der Waals surface area contributed by atoms with Gasteiger partial charge in [-0.25, -0.2) is 19.4 Å². The first kappa shape index (κ1) is 37.4. The SMILES string of the molecule is CCCc1nc(C(F)(F)C(F)(F)F)c(C(=O)O)n1Cc1ccc(-c2ccccc2-c2nnn(COC(=O)Oc3ccc(CON(O)O)cc3)n2)cc1. The molecule has 3 aromatic carbocycles. The third kappa shape index (κ3) is 8.54. The smallest absolute Gasteiger partial charge is 0.477 e. The number of aromatic carboxylic acids is 1. The van der Waals surface area contributed by atoms with Crippen molar-refractivity contribution in [3.05, 3.63) is 101 Å². The molecule has 20 heteroatoms. The first-order chi connectivity index (χ1) is 24.7. The summed E-state index contributed by atoms with van der Waals surface area (Å²) in [6, 6.07) is 19.2. The highest BCUT2D eigenvalue weighted by molar-refractivity contribution is 5.87. The zero-order chi connectivity index (χ0) is 37.6. The van der Waals surface area contributed by atoms with E-state index in [1.54, 1.807) is 55.5 Å². The Balaban J connectivity index is 1.29. The van der Waals surface area contributed by atoms with Crippen LogP contribution in [0, 0.1) is 0 Å². The highest BCUT2D eigenvalue weighted by atomic mass is 19.4. The van der Waals surface area contributed by atoms with Gasteiger partial charge >= 0.3 is 24.2 Å². The summed E-state index contributed by atoms with van der Waals surface area (Å²) in [6.07, 6.45) is -6.85. The molecule has 15 nitrogen and oxygen atoms in total. The molecule has 0 saturated carbocycles. The molecule has 0 aliphatic carbocycles. The number of carboxylic acids is 1. The van der Waals surface area contributed by atoms with E-state index >= 15 is 0 Å². The molecule has 0 bridgehead atoms. The second-order valence-electron chi connectivity index (χ2n) is 11.0. The number of aryl methyl sites for hydroxylation is 1. The Kier molecular flexibility index (Phi) is 11.2. The number of hydrogen-bond acceptors (Lipinski definition) is 12. The number of imidazole rings is 1. The van der Waals surface area contributed by atoms with Crippen molar-refractivity contribution in [1.29, 1.82) is 0 Å². The van der Waals surface area contributed by atoms with E-state index in [0.29, 0.717) is 34.2 Å². The van der Waals surface area contributed by atoms with Gasteiger partial charge in [0.1, 0.15) is 11.6 Å². The van der Waals surface area contributed by atoms with Crippen LogP contribution in [-0.4, -0.2) is 69.0 Å². The predicted molar refractivity (Wildman–Crippen MR) is 165 cm³/mol. The van der Waals surface area contributed by atoms with Gasteiger partial charge in [0.2, 0.25) is 12.6 Å². The maximum absolute atomic E-state index is 14.4. The minimum Gasteiger partial charge on any atom is -0.477 e. The van der Waals surface area contributed by atoms with Gasteiger partial charge in [-0.1, -0.05) is 67.6 Å². The molecule has 0 spiro atoms. The third-order valence-electron chi connectivity index (χ3n) is 7.37. The molecular weight excluding hydrogens is 705 g/mol. The number of benzene rings is 3. The number of ether oxygens (including phenoxy) is 2. The zero-order valence-electron chi connectivity index (χ0n) is 26.9. The number of alkyl halides is 5. The normalized spacial score (nSPS) is 11.9. The summed E-state index contributed by atoms with van der Waals surface area (Å²) in [7, 11) is 0. The van der Waals surface area contributed by atoms with E-state index in [-0.39, 0.29) is 37.0 Å². The second kappa shape index (κ2) is 15.6. The van der Waals surface area contributed by atoms with Crippen molar-refractivity contribution < 1.29 is 61.4 Å². The summed E-state index contributed by atoms with van der Waals surface area (Å²) >= 11 is 0. The lowest BCUT2D eigenvalue weighted by Crippen LogP contribution is -2.35. The molecule has 0 radical (unpaired) electrons. The minimum atomic E-state index is -6.05. The third-order valence-corrected chi connectivity index (χ3v) is 7.37. The van der Waals surface area contributed by atoms with Crippen molar-refractivity contribution in [3.63, 3.8) is 0 Å². The molecule has 5 aromatic rings. The molecule has 5 rings (SSSR count). The number of carbonyl (C=O) groups excluding carboxylic acids is 1. The number of halogens is 5. The molecule has 0 saturated heterocycles.